The molecule has 0 aliphatic heterocycles. The molecular formula is C18H33NO2. The maximum atomic E-state index is 5.76. The molecule has 3 heteroatoms. The number of unbranched alkanes of at least 4 members (excludes halogenated alkanes) is 4. The number of hydrogen-bond donors (Lipinski definition) is 1. The van der Waals surface area contributed by atoms with Gasteiger partial charge in [0.25, 0.3) is 0 Å². The summed E-state index contributed by atoms with van der Waals surface area (Å²) in [7, 11) is 0. The summed E-state index contributed by atoms with van der Waals surface area (Å²) in [5.41, 5.74) is 1.19. The lowest BCUT2D eigenvalue weighted by molar-refractivity contribution is 0.116. The van der Waals surface area contributed by atoms with E-state index in [1.54, 1.807) is 0 Å². The van der Waals surface area contributed by atoms with E-state index < -0.39 is 0 Å². The van der Waals surface area contributed by atoms with E-state index in [0.717, 1.165) is 31.2 Å². The van der Waals surface area contributed by atoms with E-state index in [-0.39, 0.29) is 0 Å². The monoisotopic (exact) mass is 295 g/mol. The van der Waals surface area contributed by atoms with Crippen LogP contribution in [0.5, 0.6) is 0 Å². The van der Waals surface area contributed by atoms with Crippen LogP contribution < -0.4 is 5.32 Å². The fourth-order valence-electron chi connectivity index (χ4n) is 2.29. The van der Waals surface area contributed by atoms with Crippen LogP contribution >= 0.6 is 0 Å². The van der Waals surface area contributed by atoms with Gasteiger partial charge in [0.05, 0.1) is 13.2 Å². The standard InChI is InChI=1S/C18H33NO2/c1-5-6-7-8-9-10-20-14-17-11-18(21-16(17)4)13-19-12-15(2)3/h11,15,19H,5-10,12-14H2,1-4H3. The molecule has 0 bridgehead atoms. The number of rotatable bonds is 12. The summed E-state index contributed by atoms with van der Waals surface area (Å²) in [6.45, 7) is 12.0. The lowest BCUT2D eigenvalue weighted by Crippen LogP contribution is -2.18. The fourth-order valence-corrected chi connectivity index (χ4v) is 2.29. The Morgan fingerprint density at radius 2 is 1.95 bits per heavy atom. The molecule has 21 heavy (non-hydrogen) atoms. The van der Waals surface area contributed by atoms with E-state index in [0.29, 0.717) is 12.5 Å². The average Bonchev–Trinajstić information content (AvgIpc) is 2.78. The zero-order valence-corrected chi connectivity index (χ0v) is 14.3. The van der Waals surface area contributed by atoms with Gasteiger partial charge in [0.15, 0.2) is 0 Å². The van der Waals surface area contributed by atoms with E-state index in [1.165, 1.54) is 37.7 Å². The maximum absolute atomic E-state index is 5.76. The molecule has 1 aromatic heterocycles. The molecule has 0 unspecified atom stereocenters. The molecule has 0 saturated heterocycles. The molecule has 1 aromatic rings. The van der Waals surface area contributed by atoms with Gasteiger partial charge in [0.2, 0.25) is 0 Å². The summed E-state index contributed by atoms with van der Waals surface area (Å²) in [4.78, 5) is 0. The van der Waals surface area contributed by atoms with Gasteiger partial charge in [-0.2, -0.15) is 0 Å². The number of hydrogen-bond acceptors (Lipinski definition) is 3. The molecular weight excluding hydrogens is 262 g/mol. The molecule has 0 spiro atoms. The van der Waals surface area contributed by atoms with Gasteiger partial charge in [-0.05, 0) is 31.9 Å². The van der Waals surface area contributed by atoms with E-state index in [9.17, 15) is 0 Å². The first-order chi connectivity index (χ1) is 10.1. The highest BCUT2D eigenvalue weighted by Gasteiger charge is 2.07. The number of aryl methyl sites for hydroxylation is 1. The van der Waals surface area contributed by atoms with Crippen LogP contribution in [0.15, 0.2) is 10.5 Å². The van der Waals surface area contributed by atoms with E-state index >= 15 is 0 Å². The van der Waals surface area contributed by atoms with Crippen LogP contribution in [0, 0.1) is 12.8 Å². The minimum Gasteiger partial charge on any atom is -0.465 e. The van der Waals surface area contributed by atoms with Crippen LogP contribution in [0.1, 0.15) is 70.0 Å². The Bertz CT molecular complexity index is 371. The molecule has 0 radical (unpaired) electrons. The first kappa shape index (κ1) is 18.2. The van der Waals surface area contributed by atoms with Crippen LogP contribution in [-0.2, 0) is 17.9 Å². The summed E-state index contributed by atoms with van der Waals surface area (Å²) in [5.74, 6) is 2.66. The Morgan fingerprint density at radius 1 is 1.19 bits per heavy atom. The highest BCUT2D eigenvalue weighted by Crippen LogP contribution is 2.16. The van der Waals surface area contributed by atoms with Crippen LogP contribution in [0.25, 0.3) is 0 Å². The average molecular weight is 295 g/mol. The molecule has 1 rings (SSSR count). The largest absolute Gasteiger partial charge is 0.465 e. The minimum absolute atomic E-state index is 0.663. The minimum atomic E-state index is 0.663. The SMILES string of the molecule is CCCCCCCOCc1cc(CNCC(C)C)oc1C. The van der Waals surface area contributed by atoms with Gasteiger partial charge in [-0.25, -0.2) is 0 Å². The van der Waals surface area contributed by atoms with Gasteiger partial charge >= 0.3 is 0 Å². The van der Waals surface area contributed by atoms with Crippen molar-refractivity contribution in [2.45, 2.75) is 73.0 Å². The highest BCUT2D eigenvalue weighted by atomic mass is 16.5. The quantitative estimate of drug-likeness (QED) is 0.561. The second-order valence-electron chi connectivity index (χ2n) is 6.29. The van der Waals surface area contributed by atoms with Crippen molar-refractivity contribution in [3.05, 3.63) is 23.2 Å². The van der Waals surface area contributed by atoms with Crippen molar-refractivity contribution in [1.82, 2.24) is 5.32 Å². The normalized spacial score (nSPS) is 11.5. The van der Waals surface area contributed by atoms with E-state index in [4.69, 9.17) is 9.15 Å². The van der Waals surface area contributed by atoms with Crippen LogP contribution in [0.2, 0.25) is 0 Å². The lowest BCUT2D eigenvalue weighted by atomic mass is 10.2. The van der Waals surface area contributed by atoms with Gasteiger partial charge in [-0.3, -0.25) is 0 Å². The number of nitrogens with one attached hydrogen (secondary N) is 1. The Labute approximate surface area is 130 Å². The molecule has 0 saturated carbocycles. The van der Waals surface area contributed by atoms with Crippen molar-refractivity contribution in [1.29, 1.82) is 0 Å². The van der Waals surface area contributed by atoms with Crippen molar-refractivity contribution in [2.75, 3.05) is 13.2 Å². The zero-order valence-electron chi connectivity index (χ0n) is 14.3. The summed E-state index contributed by atoms with van der Waals surface area (Å²) in [5, 5.41) is 3.40. The van der Waals surface area contributed by atoms with Crippen LogP contribution in [-0.4, -0.2) is 13.2 Å². The molecule has 122 valence electrons. The molecule has 0 amide bonds. The molecule has 1 N–H and O–H groups in total. The second kappa shape index (κ2) is 10.9. The molecule has 1 heterocycles. The molecule has 0 fully saturated rings. The van der Waals surface area contributed by atoms with E-state index in [1.807, 2.05) is 6.92 Å². The van der Waals surface area contributed by atoms with Crippen molar-refractivity contribution < 1.29 is 9.15 Å². The summed E-state index contributed by atoms with van der Waals surface area (Å²) < 4.78 is 11.5. The van der Waals surface area contributed by atoms with Gasteiger partial charge in [0, 0.05) is 12.2 Å². The Kier molecular flexibility index (Phi) is 9.44. The molecule has 0 aliphatic carbocycles. The van der Waals surface area contributed by atoms with Gasteiger partial charge < -0.3 is 14.5 Å². The van der Waals surface area contributed by atoms with Gasteiger partial charge in [-0.1, -0.05) is 46.5 Å². The third-order valence-corrected chi connectivity index (χ3v) is 3.57. The van der Waals surface area contributed by atoms with E-state index in [2.05, 4.69) is 32.2 Å². The topological polar surface area (TPSA) is 34.4 Å². The van der Waals surface area contributed by atoms with Crippen molar-refractivity contribution in [3.8, 4) is 0 Å². The fraction of sp³-hybridized carbons (Fsp3) is 0.778. The third-order valence-electron chi connectivity index (χ3n) is 3.57. The summed E-state index contributed by atoms with van der Waals surface area (Å²) >= 11 is 0. The second-order valence-corrected chi connectivity index (χ2v) is 6.29. The zero-order chi connectivity index (χ0) is 15.5. The van der Waals surface area contributed by atoms with Crippen molar-refractivity contribution in [3.63, 3.8) is 0 Å². The van der Waals surface area contributed by atoms with Crippen LogP contribution in [0.4, 0.5) is 0 Å². The Balaban J connectivity index is 2.18. The third kappa shape index (κ3) is 8.27. The predicted molar refractivity (Wildman–Crippen MR) is 88.4 cm³/mol. The first-order valence-corrected chi connectivity index (χ1v) is 8.50. The van der Waals surface area contributed by atoms with Crippen LogP contribution in [0.3, 0.4) is 0 Å². The van der Waals surface area contributed by atoms with Gasteiger partial charge in [0.1, 0.15) is 11.5 Å². The Hall–Kier alpha value is -0.800. The smallest absolute Gasteiger partial charge is 0.118 e. The molecule has 3 nitrogen and oxygen atoms in total. The number of furan rings is 1. The molecule has 0 aliphatic rings. The maximum Gasteiger partial charge on any atom is 0.118 e. The highest BCUT2D eigenvalue weighted by molar-refractivity contribution is 5.19. The van der Waals surface area contributed by atoms with Crippen molar-refractivity contribution >= 4 is 0 Å². The van der Waals surface area contributed by atoms with Gasteiger partial charge in [-0.15, -0.1) is 0 Å². The Morgan fingerprint density at radius 3 is 2.67 bits per heavy atom. The predicted octanol–water partition coefficient (Wildman–Crippen LogP) is 4.82. The number of ether oxygens (including phenoxy) is 1. The van der Waals surface area contributed by atoms with Crippen molar-refractivity contribution in [2.24, 2.45) is 5.92 Å². The summed E-state index contributed by atoms with van der Waals surface area (Å²) in [6.07, 6.45) is 6.41. The first-order valence-electron chi connectivity index (χ1n) is 8.50. The molecule has 0 atom stereocenters. The lowest BCUT2D eigenvalue weighted by Gasteiger charge is -2.04. The molecule has 0 aromatic carbocycles. The summed E-state index contributed by atoms with van der Waals surface area (Å²) in [6, 6.07) is 2.12.